The smallest absolute Gasteiger partial charge is 0.193 e. The molecule has 1 N–H and O–H groups in total. The number of likely N-dealkylation sites (N-methyl/N-ethyl adjacent to an activating group) is 1. The Balaban J connectivity index is 1.66. The van der Waals surface area contributed by atoms with E-state index in [1.54, 1.807) is 0 Å². The number of aryl methyl sites for hydroxylation is 1. The van der Waals surface area contributed by atoms with E-state index in [0.29, 0.717) is 18.0 Å². The van der Waals surface area contributed by atoms with Crippen molar-refractivity contribution in [3.8, 4) is 0 Å². The Morgan fingerprint density at radius 1 is 1.31 bits per heavy atom. The SMILES string of the molecule is CCc1ccc(C(CNC(=NC)N2CCC(C)C(n3ccnc3)C2)N(C)C)cc1. The van der Waals surface area contributed by atoms with Gasteiger partial charge in [-0.15, -0.1) is 0 Å². The summed E-state index contributed by atoms with van der Waals surface area (Å²) in [5, 5.41) is 3.64. The molecule has 3 unspecified atom stereocenters. The van der Waals surface area contributed by atoms with Gasteiger partial charge in [0.15, 0.2) is 5.96 Å². The molecule has 2 aromatic rings. The van der Waals surface area contributed by atoms with E-state index in [2.05, 4.69) is 88.1 Å². The molecular weight excluding hydrogens is 360 g/mol. The Hall–Kier alpha value is -2.34. The van der Waals surface area contributed by atoms with E-state index in [0.717, 1.165) is 38.4 Å². The third-order valence-electron chi connectivity index (χ3n) is 6.19. The zero-order chi connectivity index (χ0) is 20.8. The predicted octanol–water partition coefficient (Wildman–Crippen LogP) is 3.21. The number of piperidine rings is 1. The molecule has 0 bridgehead atoms. The molecule has 1 fully saturated rings. The molecule has 2 heterocycles. The number of imidazole rings is 1. The number of benzene rings is 1. The van der Waals surface area contributed by atoms with Crippen molar-refractivity contribution in [3.63, 3.8) is 0 Å². The van der Waals surface area contributed by atoms with Crippen molar-refractivity contribution in [1.82, 2.24) is 24.7 Å². The van der Waals surface area contributed by atoms with Gasteiger partial charge in [-0.2, -0.15) is 0 Å². The maximum absolute atomic E-state index is 4.59. The molecule has 1 aromatic heterocycles. The van der Waals surface area contributed by atoms with Gasteiger partial charge in [-0.05, 0) is 44.0 Å². The van der Waals surface area contributed by atoms with E-state index >= 15 is 0 Å². The van der Waals surface area contributed by atoms with Gasteiger partial charge in [0.05, 0.1) is 18.4 Å². The van der Waals surface area contributed by atoms with Crippen molar-refractivity contribution in [2.24, 2.45) is 10.9 Å². The first-order valence-corrected chi connectivity index (χ1v) is 10.7. The summed E-state index contributed by atoms with van der Waals surface area (Å²) < 4.78 is 2.24. The second-order valence-corrected chi connectivity index (χ2v) is 8.29. The van der Waals surface area contributed by atoms with Gasteiger partial charge >= 0.3 is 0 Å². The molecule has 1 aliphatic rings. The molecule has 0 radical (unpaired) electrons. The lowest BCUT2D eigenvalue weighted by Crippen LogP contribution is -2.50. The Bertz CT molecular complexity index is 765. The van der Waals surface area contributed by atoms with Gasteiger partial charge in [-0.3, -0.25) is 4.99 Å². The van der Waals surface area contributed by atoms with Crippen LogP contribution < -0.4 is 5.32 Å². The fraction of sp³-hybridized carbons (Fsp3) is 0.565. The van der Waals surface area contributed by atoms with Crippen molar-refractivity contribution in [2.45, 2.75) is 38.8 Å². The average molecular weight is 397 g/mol. The van der Waals surface area contributed by atoms with Crippen molar-refractivity contribution in [3.05, 3.63) is 54.1 Å². The van der Waals surface area contributed by atoms with Gasteiger partial charge < -0.3 is 19.7 Å². The van der Waals surface area contributed by atoms with Crippen LogP contribution in [-0.4, -0.2) is 66.1 Å². The Morgan fingerprint density at radius 2 is 2.07 bits per heavy atom. The van der Waals surface area contributed by atoms with Crippen LogP contribution in [0.1, 0.15) is 43.5 Å². The quantitative estimate of drug-likeness (QED) is 0.602. The molecule has 3 atom stereocenters. The summed E-state index contributed by atoms with van der Waals surface area (Å²) in [4.78, 5) is 13.5. The standard InChI is InChI=1S/C23H36N6/c1-6-19-7-9-20(10-8-19)21(27(4)5)15-26-23(24-3)28-13-11-18(2)22(16-28)29-14-12-25-17-29/h7-10,12,14,17-18,21-22H,6,11,13,15-16H2,1-5H3,(H,24,26). The van der Waals surface area contributed by atoms with Crippen LogP contribution in [0.3, 0.4) is 0 Å². The minimum Gasteiger partial charge on any atom is -0.354 e. The molecule has 1 aromatic carbocycles. The van der Waals surface area contributed by atoms with Gasteiger partial charge in [-0.1, -0.05) is 38.1 Å². The van der Waals surface area contributed by atoms with Gasteiger partial charge in [0.25, 0.3) is 0 Å². The second kappa shape index (κ2) is 9.92. The molecule has 0 amide bonds. The van der Waals surface area contributed by atoms with E-state index in [1.807, 2.05) is 19.6 Å². The fourth-order valence-electron chi connectivity index (χ4n) is 4.19. The number of nitrogens with zero attached hydrogens (tertiary/aromatic N) is 5. The molecule has 1 saturated heterocycles. The minimum atomic E-state index is 0.297. The Kier molecular flexibility index (Phi) is 7.31. The Morgan fingerprint density at radius 3 is 2.66 bits per heavy atom. The molecule has 29 heavy (non-hydrogen) atoms. The van der Waals surface area contributed by atoms with Crippen LogP contribution in [0.2, 0.25) is 0 Å². The van der Waals surface area contributed by atoms with E-state index in [-0.39, 0.29) is 0 Å². The molecule has 3 rings (SSSR count). The predicted molar refractivity (Wildman–Crippen MR) is 120 cm³/mol. The lowest BCUT2D eigenvalue weighted by Gasteiger charge is -2.39. The van der Waals surface area contributed by atoms with Gasteiger partial charge in [0.2, 0.25) is 0 Å². The van der Waals surface area contributed by atoms with Crippen LogP contribution in [0.25, 0.3) is 0 Å². The van der Waals surface area contributed by atoms with Crippen LogP contribution in [0, 0.1) is 5.92 Å². The number of likely N-dealkylation sites (tertiary alicyclic amines) is 1. The highest BCUT2D eigenvalue weighted by Gasteiger charge is 2.29. The van der Waals surface area contributed by atoms with Crippen LogP contribution in [-0.2, 0) is 6.42 Å². The van der Waals surface area contributed by atoms with Crippen LogP contribution in [0.5, 0.6) is 0 Å². The van der Waals surface area contributed by atoms with Crippen molar-refractivity contribution >= 4 is 5.96 Å². The highest BCUT2D eigenvalue weighted by atomic mass is 15.3. The topological polar surface area (TPSA) is 48.7 Å². The molecule has 0 aliphatic carbocycles. The van der Waals surface area contributed by atoms with Gasteiger partial charge in [0.1, 0.15) is 0 Å². The summed E-state index contributed by atoms with van der Waals surface area (Å²) >= 11 is 0. The molecule has 1 aliphatic heterocycles. The zero-order valence-electron chi connectivity index (χ0n) is 18.5. The third-order valence-corrected chi connectivity index (χ3v) is 6.19. The normalized spacial score (nSPS) is 21.4. The molecule has 0 saturated carbocycles. The maximum Gasteiger partial charge on any atom is 0.193 e. The lowest BCUT2D eigenvalue weighted by atomic mass is 9.93. The number of aromatic nitrogens is 2. The van der Waals surface area contributed by atoms with Crippen LogP contribution >= 0.6 is 0 Å². The molecule has 6 heteroatoms. The number of hydrogen-bond donors (Lipinski definition) is 1. The zero-order valence-corrected chi connectivity index (χ0v) is 18.5. The number of hydrogen-bond acceptors (Lipinski definition) is 3. The largest absolute Gasteiger partial charge is 0.354 e. The Labute approximate surface area is 175 Å². The maximum atomic E-state index is 4.59. The first-order chi connectivity index (χ1) is 14.0. The summed E-state index contributed by atoms with van der Waals surface area (Å²) in [5.41, 5.74) is 2.71. The van der Waals surface area contributed by atoms with E-state index < -0.39 is 0 Å². The van der Waals surface area contributed by atoms with Crippen molar-refractivity contribution < 1.29 is 0 Å². The highest BCUT2D eigenvalue weighted by Crippen LogP contribution is 2.27. The number of nitrogens with one attached hydrogen (secondary N) is 1. The van der Waals surface area contributed by atoms with Crippen LogP contribution in [0.4, 0.5) is 0 Å². The van der Waals surface area contributed by atoms with Crippen LogP contribution in [0.15, 0.2) is 48.0 Å². The van der Waals surface area contributed by atoms with E-state index in [1.165, 1.54) is 11.1 Å². The van der Waals surface area contributed by atoms with Crippen molar-refractivity contribution in [2.75, 3.05) is 40.8 Å². The monoisotopic (exact) mass is 396 g/mol. The van der Waals surface area contributed by atoms with Gasteiger partial charge in [0, 0.05) is 39.1 Å². The van der Waals surface area contributed by atoms with Crippen molar-refractivity contribution in [1.29, 1.82) is 0 Å². The third kappa shape index (κ3) is 5.18. The lowest BCUT2D eigenvalue weighted by molar-refractivity contribution is 0.187. The molecular formula is C23H36N6. The summed E-state index contributed by atoms with van der Waals surface area (Å²) in [6.45, 7) is 7.34. The summed E-state index contributed by atoms with van der Waals surface area (Å²) in [7, 11) is 6.16. The summed E-state index contributed by atoms with van der Waals surface area (Å²) in [6, 6.07) is 9.71. The summed E-state index contributed by atoms with van der Waals surface area (Å²) in [6.07, 6.45) is 8.10. The summed E-state index contributed by atoms with van der Waals surface area (Å²) in [5.74, 6) is 1.62. The molecule has 6 nitrogen and oxygen atoms in total. The van der Waals surface area contributed by atoms with E-state index in [9.17, 15) is 0 Å². The average Bonchev–Trinajstić information content (AvgIpc) is 3.26. The number of guanidine groups is 1. The highest BCUT2D eigenvalue weighted by molar-refractivity contribution is 5.80. The van der Waals surface area contributed by atoms with E-state index in [4.69, 9.17) is 0 Å². The number of aliphatic imine (C=N–C) groups is 1. The minimum absolute atomic E-state index is 0.297. The first-order valence-electron chi connectivity index (χ1n) is 10.7. The fourth-order valence-corrected chi connectivity index (χ4v) is 4.19. The number of rotatable bonds is 6. The molecule has 158 valence electrons. The van der Waals surface area contributed by atoms with Gasteiger partial charge in [-0.25, -0.2) is 4.98 Å². The molecule has 0 spiro atoms. The second-order valence-electron chi connectivity index (χ2n) is 8.29. The first kappa shape index (κ1) is 21.4.